The van der Waals surface area contributed by atoms with E-state index in [9.17, 15) is 13.6 Å². The molecule has 2 heterocycles. The lowest BCUT2D eigenvalue weighted by atomic mass is 9.87. The third kappa shape index (κ3) is 6.63. The Morgan fingerprint density at radius 3 is 1.27 bits per heavy atom. The van der Waals surface area contributed by atoms with E-state index in [0.29, 0.717) is 24.4 Å². The van der Waals surface area contributed by atoms with Gasteiger partial charge in [0.1, 0.15) is 34.7 Å². The first-order valence-corrected chi connectivity index (χ1v) is 13.9. The van der Waals surface area contributed by atoms with Gasteiger partial charge in [0, 0.05) is 23.7 Å². The molecule has 0 bridgehead atoms. The molecule has 0 saturated heterocycles. The van der Waals surface area contributed by atoms with Gasteiger partial charge < -0.3 is 8.83 Å². The number of carbonyl (C=O) groups is 1. The van der Waals surface area contributed by atoms with Gasteiger partial charge in [0.25, 0.3) is 0 Å². The molecule has 0 radical (unpaired) electrons. The zero-order valence-corrected chi connectivity index (χ0v) is 24.8. The maximum Gasteiger partial charge on any atom is 0.153 e. The molecule has 0 spiro atoms. The van der Waals surface area contributed by atoms with Gasteiger partial charge in [0.2, 0.25) is 0 Å². The Kier molecular flexibility index (Phi) is 8.26. The summed E-state index contributed by atoms with van der Waals surface area (Å²) in [6, 6.07) is 16.9. The summed E-state index contributed by atoms with van der Waals surface area (Å²) in [5.74, 6) is 1.25. The van der Waals surface area contributed by atoms with Gasteiger partial charge in [-0.15, -0.1) is 0 Å². The first kappa shape index (κ1) is 29.5. The number of halogens is 2. The summed E-state index contributed by atoms with van der Waals surface area (Å²) in [6.07, 6.45) is 1.07. The second-order valence-electron chi connectivity index (χ2n) is 13.0. The molecule has 0 fully saturated rings. The molecule has 5 heteroatoms. The molecule has 0 N–H and O–H groups in total. The third-order valence-corrected chi connectivity index (χ3v) is 7.42. The first-order valence-electron chi connectivity index (χ1n) is 13.9. The van der Waals surface area contributed by atoms with Crippen LogP contribution in [0.1, 0.15) is 113 Å². The third-order valence-electron chi connectivity index (χ3n) is 7.42. The fourth-order valence-electron chi connectivity index (χ4n) is 4.91. The van der Waals surface area contributed by atoms with Crippen molar-refractivity contribution >= 4 is 5.78 Å². The Morgan fingerprint density at radius 1 is 0.650 bits per heavy atom. The molecule has 0 aliphatic heterocycles. The Hall–Kier alpha value is -3.47. The van der Waals surface area contributed by atoms with Crippen molar-refractivity contribution in [1.29, 1.82) is 0 Å². The molecule has 40 heavy (non-hydrogen) atoms. The van der Waals surface area contributed by atoms with Crippen LogP contribution in [0.5, 0.6) is 0 Å². The van der Waals surface area contributed by atoms with Crippen LogP contribution >= 0.6 is 0 Å². The molecular weight excluding hydrogens is 506 g/mol. The highest BCUT2D eigenvalue weighted by atomic mass is 19.1. The molecule has 2 atom stereocenters. The van der Waals surface area contributed by atoms with Crippen LogP contribution in [0.2, 0.25) is 0 Å². The van der Waals surface area contributed by atoms with E-state index in [2.05, 4.69) is 41.5 Å². The van der Waals surface area contributed by atoms with Crippen molar-refractivity contribution in [3.8, 4) is 0 Å². The van der Waals surface area contributed by atoms with Crippen molar-refractivity contribution in [3.63, 3.8) is 0 Å². The van der Waals surface area contributed by atoms with E-state index in [1.807, 2.05) is 26.0 Å². The SMILES string of the molecule is CC(C(=O)C(C)c1oc(C(C)(C)C)cc1Cc1ccc(F)cc1)c1oc(C(C)(C)C)cc1Cc1ccc(F)cc1. The van der Waals surface area contributed by atoms with E-state index in [1.54, 1.807) is 24.3 Å². The predicted molar refractivity (Wildman–Crippen MR) is 155 cm³/mol. The summed E-state index contributed by atoms with van der Waals surface area (Å²) >= 11 is 0. The molecule has 0 aliphatic rings. The van der Waals surface area contributed by atoms with Crippen LogP contribution in [-0.4, -0.2) is 5.78 Å². The predicted octanol–water partition coefficient (Wildman–Crippen LogP) is 9.40. The summed E-state index contributed by atoms with van der Waals surface area (Å²) in [7, 11) is 0. The second kappa shape index (κ2) is 11.2. The van der Waals surface area contributed by atoms with E-state index >= 15 is 0 Å². The molecule has 212 valence electrons. The minimum absolute atomic E-state index is 0.00895. The van der Waals surface area contributed by atoms with E-state index in [4.69, 9.17) is 8.83 Å². The molecule has 2 aromatic heterocycles. The van der Waals surface area contributed by atoms with Gasteiger partial charge in [0.05, 0.1) is 11.8 Å². The quantitative estimate of drug-likeness (QED) is 0.221. The Bertz CT molecular complexity index is 1350. The standard InChI is InChI=1S/C35H40F2O3/c1-21(32-25(19-29(39-32)34(3,4)5)17-23-9-13-27(36)14-10-23)31(38)22(2)33-26(20-30(40-33)35(6,7)8)18-24-11-15-28(37)16-12-24/h9-16,19-22H,17-18H2,1-8H3. The number of hydrogen-bond acceptors (Lipinski definition) is 3. The van der Waals surface area contributed by atoms with Crippen molar-refractivity contribution in [1.82, 2.24) is 0 Å². The van der Waals surface area contributed by atoms with Gasteiger partial charge in [-0.3, -0.25) is 4.79 Å². The topological polar surface area (TPSA) is 43.4 Å². The Morgan fingerprint density at radius 2 is 0.975 bits per heavy atom. The highest BCUT2D eigenvalue weighted by Gasteiger charge is 2.33. The van der Waals surface area contributed by atoms with Gasteiger partial charge in [-0.2, -0.15) is 0 Å². The molecular formula is C35H40F2O3. The highest BCUT2D eigenvalue weighted by Crippen LogP contribution is 2.38. The van der Waals surface area contributed by atoms with Gasteiger partial charge in [0.15, 0.2) is 5.78 Å². The fraction of sp³-hybridized carbons (Fsp3) is 0.400. The largest absolute Gasteiger partial charge is 0.464 e. The van der Waals surface area contributed by atoms with E-state index in [1.165, 1.54) is 24.3 Å². The van der Waals surface area contributed by atoms with Crippen LogP contribution in [0.15, 0.2) is 69.5 Å². The number of benzene rings is 2. The molecule has 4 rings (SSSR count). The number of Topliss-reactive ketones (excluding diaryl/α,β-unsaturated/α-hetero) is 1. The van der Waals surface area contributed by atoms with Crippen LogP contribution in [0, 0.1) is 11.6 Å². The minimum Gasteiger partial charge on any atom is -0.464 e. The summed E-state index contributed by atoms with van der Waals surface area (Å²) in [5, 5.41) is 0. The second-order valence-corrected chi connectivity index (χ2v) is 13.0. The molecule has 0 saturated carbocycles. The Balaban J connectivity index is 1.69. The van der Waals surface area contributed by atoms with Crippen LogP contribution in [0.25, 0.3) is 0 Å². The van der Waals surface area contributed by atoms with Crippen molar-refractivity contribution in [2.24, 2.45) is 0 Å². The molecule has 3 nitrogen and oxygen atoms in total. The number of furan rings is 2. The van der Waals surface area contributed by atoms with Crippen molar-refractivity contribution in [3.05, 3.63) is 118 Å². The fourth-order valence-corrected chi connectivity index (χ4v) is 4.91. The average molecular weight is 547 g/mol. The first-order chi connectivity index (χ1) is 18.6. The number of ketones is 1. The van der Waals surface area contributed by atoms with Crippen molar-refractivity contribution < 1.29 is 22.4 Å². The maximum atomic E-state index is 14.0. The zero-order valence-electron chi connectivity index (χ0n) is 24.8. The summed E-state index contributed by atoms with van der Waals surface area (Å²) < 4.78 is 39.8. The lowest BCUT2D eigenvalue weighted by molar-refractivity contribution is -0.122. The maximum absolute atomic E-state index is 14.0. The van der Waals surface area contributed by atoms with Gasteiger partial charge in [-0.05, 0) is 72.5 Å². The van der Waals surface area contributed by atoms with Crippen molar-refractivity contribution in [2.45, 2.75) is 90.9 Å². The van der Waals surface area contributed by atoms with E-state index in [-0.39, 0.29) is 28.2 Å². The minimum atomic E-state index is -0.525. The van der Waals surface area contributed by atoms with Crippen LogP contribution in [0.3, 0.4) is 0 Å². The average Bonchev–Trinajstić information content (AvgIpc) is 3.50. The number of hydrogen-bond donors (Lipinski definition) is 0. The lowest BCUT2D eigenvalue weighted by Crippen LogP contribution is -2.18. The van der Waals surface area contributed by atoms with Crippen LogP contribution in [0.4, 0.5) is 8.78 Å². The van der Waals surface area contributed by atoms with Gasteiger partial charge >= 0.3 is 0 Å². The van der Waals surface area contributed by atoms with Gasteiger partial charge in [-0.25, -0.2) is 8.78 Å². The van der Waals surface area contributed by atoms with Crippen LogP contribution < -0.4 is 0 Å². The smallest absolute Gasteiger partial charge is 0.153 e. The Labute approximate surface area is 236 Å². The number of rotatable bonds is 8. The summed E-state index contributed by atoms with van der Waals surface area (Å²) in [6.45, 7) is 16.2. The monoisotopic (exact) mass is 546 g/mol. The molecule has 2 aromatic carbocycles. The highest BCUT2D eigenvalue weighted by molar-refractivity contribution is 5.90. The van der Waals surface area contributed by atoms with Crippen LogP contribution in [-0.2, 0) is 28.5 Å². The zero-order chi connectivity index (χ0) is 29.4. The molecule has 0 amide bonds. The molecule has 0 aliphatic carbocycles. The lowest BCUT2D eigenvalue weighted by Gasteiger charge is -2.18. The normalized spacial score (nSPS) is 13.8. The van der Waals surface area contributed by atoms with Gasteiger partial charge in [-0.1, -0.05) is 65.8 Å². The number of carbonyl (C=O) groups excluding carboxylic acids is 1. The summed E-state index contributed by atoms with van der Waals surface area (Å²) in [4.78, 5) is 14.0. The summed E-state index contributed by atoms with van der Waals surface area (Å²) in [5.41, 5.74) is 3.25. The van der Waals surface area contributed by atoms with Crippen molar-refractivity contribution in [2.75, 3.05) is 0 Å². The van der Waals surface area contributed by atoms with E-state index in [0.717, 1.165) is 33.8 Å². The molecule has 2 unspecified atom stereocenters. The molecule has 4 aromatic rings. The van der Waals surface area contributed by atoms with E-state index < -0.39 is 11.8 Å².